The first-order valence-electron chi connectivity index (χ1n) is 3.76. The Labute approximate surface area is 103 Å². The molecule has 0 atom stereocenters. The van der Waals surface area contributed by atoms with Crippen molar-refractivity contribution in [1.82, 2.24) is 4.98 Å². The van der Waals surface area contributed by atoms with Gasteiger partial charge in [-0.1, -0.05) is 11.6 Å². The molecule has 0 bridgehead atoms. The van der Waals surface area contributed by atoms with Crippen LogP contribution in [0.1, 0.15) is 17.6 Å². The van der Waals surface area contributed by atoms with E-state index in [1.807, 2.05) is 0 Å². The van der Waals surface area contributed by atoms with Crippen LogP contribution in [-0.2, 0) is 11.2 Å². The molecule has 0 saturated heterocycles. The number of halogens is 4. The van der Waals surface area contributed by atoms with Gasteiger partial charge in [-0.15, -0.1) is 0 Å². The van der Waals surface area contributed by atoms with E-state index in [1.165, 1.54) is 0 Å². The molecular weight excluding hydrogens is 342 g/mol. The minimum Gasteiger partial charge on any atom is -0.481 e. The van der Waals surface area contributed by atoms with Crippen LogP contribution in [0.25, 0.3) is 0 Å². The van der Waals surface area contributed by atoms with Crippen molar-refractivity contribution in [3.8, 4) is 0 Å². The van der Waals surface area contributed by atoms with Gasteiger partial charge in [-0.3, -0.25) is 4.79 Å². The molecule has 1 heterocycles. The number of carboxylic acid groups (broad SMARTS) is 1. The number of hydrogen-bond donors (Lipinski definition) is 1. The van der Waals surface area contributed by atoms with Crippen molar-refractivity contribution in [1.29, 1.82) is 0 Å². The average Bonchev–Trinajstić information content (AvgIpc) is 2.12. The van der Waals surface area contributed by atoms with Gasteiger partial charge < -0.3 is 5.11 Å². The number of alkyl halides is 2. The third-order valence-corrected chi connectivity index (χ3v) is 3.44. The molecule has 1 aromatic rings. The third kappa shape index (κ3) is 2.97. The minimum atomic E-state index is -2.75. The molecule has 0 aliphatic heterocycles. The second-order valence-corrected chi connectivity index (χ2v) is 4.10. The quantitative estimate of drug-likeness (QED) is 0.676. The number of carboxylic acids is 1. The molecule has 0 unspecified atom stereocenters. The number of aromatic nitrogens is 1. The van der Waals surface area contributed by atoms with Crippen molar-refractivity contribution in [3.63, 3.8) is 0 Å². The maximum absolute atomic E-state index is 12.5. The fraction of sp³-hybridized carbons (Fsp3) is 0.250. The van der Waals surface area contributed by atoms with Gasteiger partial charge in [0.15, 0.2) is 0 Å². The van der Waals surface area contributed by atoms with Crippen LogP contribution in [0.4, 0.5) is 8.78 Å². The lowest BCUT2D eigenvalue weighted by Gasteiger charge is -2.09. The highest BCUT2D eigenvalue weighted by molar-refractivity contribution is 14.1. The zero-order valence-corrected chi connectivity index (χ0v) is 10.1. The van der Waals surface area contributed by atoms with E-state index >= 15 is 0 Å². The molecular formula is C8H5ClF2INO2. The second kappa shape index (κ2) is 5.02. The molecule has 0 amide bonds. The topological polar surface area (TPSA) is 50.2 Å². The zero-order chi connectivity index (χ0) is 11.6. The van der Waals surface area contributed by atoms with E-state index in [4.69, 9.17) is 16.7 Å². The van der Waals surface area contributed by atoms with E-state index in [0.717, 1.165) is 6.20 Å². The Bertz CT molecular complexity index is 400. The molecule has 0 fully saturated rings. The van der Waals surface area contributed by atoms with Crippen LogP contribution >= 0.6 is 34.2 Å². The molecule has 15 heavy (non-hydrogen) atoms. The van der Waals surface area contributed by atoms with E-state index < -0.39 is 18.8 Å². The highest BCUT2D eigenvalue weighted by Gasteiger charge is 2.20. The summed E-state index contributed by atoms with van der Waals surface area (Å²) in [4.78, 5) is 14.0. The van der Waals surface area contributed by atoms with Gasteiger partial charge in [-0.25, -0.2) is 13.8 Å². The first kappa shape index (κ1) is 12.6. The largest absolute Gasteiger partial charge is 0.481 e. The fourth-order valence-corrected chi connectivity index (χ4v) is 1.84. The van der Waals surface area contributed by atoms with Crippen LogP contribution in [0.2, 0.25) is 5.15 Å². The highest BCUT2D eigenvalue weighted by Crippen LogP contribution is 2.29. The molecule has 0 aliphatic rings. The third-order valence-electron chi connectivity index (χ3n) is 1.67. The lowest BCUT2D eigenvalue weighted by atomic mass is 10.1. The maximum Gasteiger partial charge on any atom is 0.307 e. The van der Waals surface area contributed by atoms with Crippen molar-refractivity contribution in [2.45, 2.75) is 12.8 Å². The van der Waals surface area contributed by atoms with Crippen molar-refractivity contribution in [2.75, 3.05) is 0 Å². The summed E-state index contributed by atoms with van der Waals surface area (Å²) in [5, 5.41) is 8.61. The molecule has 82 valence electrons. The van der Waals surface area contributed by atoms with Crippen molar-refractivity contribution >= 4 is 40.2 Å². The van der Waals surface area contributed by atoms with Crippen molar-refractivity contribution < 1.29 is 18.7 Å². The van der Waals surface area contributed by atoms with Crippen LogP contribution in [0.3, 0.4) is 0 Å². The smallest absolute Gasteiger partial charge is 0.307 e. The first-order valence-corrected chi connectivity index (χ1v) is 5.22. The van der Waals surface area contributed by atoms with E-state index in [-0.39, 0.29) is 19.9 Å². The van der Waals surface area contributed by atoms with Crippen molar-refractivity contribution in [2.24, 2.45) is 0 Å². The van der Waals surface area contributed by atoms with Crippen molar-refractivity contribution in [3.05, 3.63) is 26.0 Å². The van der Waals surface area contributed by atoms with Crippen LogP contribution in [-0.4, -0.2) is 16.1 Å². The summed E-state index contributed by atoms with van der Waals surface area (Å²) in [6.45, 7) is 0. The van der Waals surface area contributed by atoms with Gasteiger partial charge in [0.25, 0.3) is 6.43 Å². The standard InChI is InChI=1S/C8H5ClF2INO2/c9-7-6(12)3(1-5(14)15)4(2-13-7)8(10)11/h2,8H,1H2,(H,14,15). The second-order valence-electron chi connectivity index (χ2n) is 2.67. The Balaban J connectivity index is 3.28. The minimum absolute atomic E-state index is 0.0260. The van der Waals surface area contributed by atoms with Crippen LogP contribution < -0.4 is 0 Å². The summed E-state index contributed by atoms with van der Waals surface area (Å²) < 4.78 is 25.3. The molecule has 1 N–H and O–H groups in total. The molecule has 0 saturated carbocycles. The SMILES string of the molecule is O=C(O)Cc1c(C(F)F)cnc(Cl)c1I. The van der Waals surface area contributed by atoms with E-state index in [9.17, 15) is 13.6 Å². The van der Waals surface area contributed by atoms with E-state index in [1.54, 1.807) is 22.6 Å². The van der Waals surface area contributed by atoms with Gasteiger partial charge >= 0.3 is 5.97 Å². The molecule has 0 aliphatic carbocycles. The van der Waals surface area contributed by atoms with Gasteiger partial charge in [-0.05, 0) is 28.2 Å². The number of carbonyl (C=O) groups is 1. The molecule has 1 aromatic heterocycles. The summed E-state index contributed by atoms with van der Waals surface area (Å²) in [7, 11) is 0. The Kier molecular flexibility index (Phi) is 4.21. The molecule has 7 heteroatoms. The Hall–Kier alpha value is -0.500. The lowest BCUT2D eigenvalue weighted by Crippen LogP contribution is -2.07. The summed E-state index contributed by atoms with van der Waals surface area (Å²) in [5.41, 5.74) is -0.357. The molecule has 0 radical (unpaired) electrons. The van der Waals surface area contributed by atoms with Gasteiger partial charge in [0.1, 0.15) is 5.15 Å². The number of aliphatic carboxylic acids is 1. The Morgan fingerprint density at radius 1 is 1.67 bits per heavy atom. The van der Waals surface area contributed by atoms with E-state index in [0.29, 0.717) is 0 Å². The van der Waals surface area contributed by atoms with Gasteiger partial charge in [0.05, 0.1) is 9.99 Å². The normalized spacial score (nSPS) is 10.7. The molecule has 1 rings (SSSR count). The summed E-state index contributed by atoms with van der Waals surface area (Å²) in [5.74, 6) is -1.18. The van der Waals surface area contributed by atoms with Gasteiger partial charge in [-0.2, -0.15) is 0 Å². The number of nitrogens with zero attached hydrogens (tertiary/aromatic N) is 1. The Morgan fingerprint density at radius 2 is 2.27 bits per heavy atom. The number of pyridine rings is 1. The molecule has 3 nitrogen and oxygen atoms in total. The monoisotopic (exact) mass is 347 g/mol. The lowest BCUT2D eigenvalue weighted by molar-refractivity contribution is -0.136. The predicted octanol–water partition coefficient (Wildman–Crippen LogP) is 2.90. The van der Waals surface area contributed by atoms with Crippen LogP contribution in [0, 0.1) is 3.57 Å². The van der Waals surface area contributed by atoms with Gasteiger partial charge in [0.2, 0.25) is 0 Å². The zero-order valence-electron chi connectivity index (χ0n) is 7.18. The molecule has 0 spiro atoms. The van der Waals surface area contributed by atoms with E-state index in [2.05, 4.69) is 4.98 Å². The molecule has 0 aromatic carbocycles. The summed E-state index contributed by atoms with van der Waals surface area (Å²) in [6.07, 6.45) is -2.33. The summed E-state index contributed by atoms with van der Waals surface area (Å²) >= 11 is 7.32. The predicted molar refractivity (Wildman–Crippen MR) is 58.3 cm³/mol. The fourth-order valence-electron chi connectivity index (χ4n) is 1.03. The average molecular weight is 347 g/mol. The van der Waals surface area contributed by atoms with Gasteiger partial charge in [0, 0.05) is 11.8 Å². The van der Waals surface area contributed by atoms with Crippen LogP contribution in [0.5, 0.6) is 0 Å². The van der Waals surface area contributed by atoms with Crippen LogP contribution in [0.15, 0.2) is 6.20 Å². The first-order chi connectivity index (χ1) is 6.93. The highest BCUT2D eigenvalue weighted by atomic mass is 127. The number of hydrogen-bond acceptors (Lipinski definition) is 2. The number of rotatable bonds is 3. The Morgan fingerprint density at radius 3 is 2.73 bits per heavy atom. The maximum atomic E-state index is 12.5. The summed E-state index contributed by atoms with van der Waals surface area (Å²) in [6, 6.07) is 0.